The van der Waals surface area contributed by atoms with Gasteiger partial charge in [-0.15, -0.1) is 0 Å². The van der Waals surface area contributed by atoms with E-state index >= 15 is 0 Å². The lowest BCUT2D eigenvalue weighted by atomic mass is 10.2. The molecule has 118 valence electrons. The fourth-order valence-corrected chi connectivity index (χ4v) is 2.46. The Bertz CT molecular complexity index is 594. The summed E-state index contributed by atoms with van der Waals surface area (Å²) in [7, 11) is 1.87. The van der Waals surface area contributed by atoms with E-state index in [0.717, 1.165) is 36.6 Å². The zero-order chi connectivity index (χ0) is 15.2. The summed E-state index contributed by atoms with van der Waals surface area (Å²) in [5, 5.41) is 4.08. The van der Waals surface area contributed by atoms with E-state index in [1.54, 1.807) is 11.0 Å². The number of nitrogens with zero attached hydrogens (tertiary/aromatic N) is 3. The molecule has 0 aliphatic carbocycles. The van der Waals surface area contributed by atoms with E-state index in [2.05, 4.69) is 10.1 Å². The molecule has 0 saturated carbocycles. The molecule has 1 fully saturated rings. The molecule has 1 saturated heterocycles. The van der Waals surface area contributed by atoms with Gasteiger partial charge in [0.1, 0.15) is 18.7 Å². The lowest BCUT2D eigenvalue weighted by molar-refractivity contribution is -0.165. The standard InChI is InChI=1S/C16H21N3O3/c1-19-16(17-12-18-19)13-5-4-6-14(11-13)20-9-10-22-15-7-2-3-8-21-15/h4-6,11-12,15H,2-3,7-10H2,1H3/t15-/m0/s1. The Morgan fingerprint density at radius 3 is 3.05 bits per heavy atom. The molecule has 1 aliphatic rings. The molecule has 6 nitrogen and oxygen atoms in total. The van der Waals surface area contributed by atoms with Crippen LogP contribution >= 0.6 is 0 Å². The lowest BCUT2D eigenvalue weighted by Gasteiger charge is -2.22. The highest BCUT2D eigenvalue weighted by Crippen LogP contribution is 2.21. The van der Waals surface area contributed by atoms with Crippen molar-refractivity contribution in [3.05, 3.63) is 30.6 Å². The van der Waals surface area contributed by atoms with Crippen LogP contribution in [-0.4, -0.2) is 40.9 Å². The predicted octanol–water partition coefficient (Wildman–Crippen LogP) is 2.40. The Morgan fingerprint density at radius 1 is 1.32 bits per heavy atom. The summed E-state index contributed by atoms with van der Waals surface area (Å²) in [6.07, 6.45) is 4.75. The highest BCUT2D eigenvalue weighted by molar-refractivity contribution is 5.57. The van der Waals surface area contributed by atoms with Gasteiger partial charge in [-0.1, -0.05) is 12.1 Å². The minimum absolute atomic E-state index is 0.0673. The predicted molar refractivity (Wildman–Crippen MR) is 81.5 cm³/mol. The van der Waals surface area contributed by atoms with Gasteiger partial charge in [-0.3, -0.25) is 0 Å². The van der Waals surface area contributed by atoms with Crippen molar-refractivity contribution in [2.75, 3.05) is 19.8 Å². The molecule has 1 aliphatic heterocycles. The van der Waals surface area contributed by atoms with E-state index < -0.39 is 0 Å². The van der Waals surface area contributed by atoms with Gasteiger partial charge in [-0.2, -0.15) is 5.10 Å². The summed E-state index contributed by atoms with van der Waals surface area (Å²) in [5.74, 6) is 1.62. The number of hydrogen-bond donors (Lipinski definition) is 0. The molecule has 2 aromatic rings. The third-order valence-electron chi connectivity index (χ3n) is 3.60. The van der Waals surface area contributed by atoms with Crippen LogP contribution < -0.4 is 4.74 Å². The van der Waals surface area contributed by atoms with Crippen molar-refractivity contribution >= 4 is 0 Å². The number of aromatic nitrogens is 3. The lowest BCUT2D eigenvalue weighted by Crippen LogP contribution is -2.24. The van der Waals surface area contributed by atoms with Gasteiger partial charge in [0.05, 0.1) is 6.61 Å². The molecular weight excluding hydrogens is 282 g/mol. The molecule has 3 rings (SSSR count). The van der Waals surface area contributed by atoms with Crippen molar-refractivity contribution in [1.82, 2.24) is 14.8 Å². The molecule has 1 aromatic carbocycles. The monoisotopic (exact) mass is 303 g/mol. The number of benzene rings is 1. The molecule has 1 aromatic heterocycles. The molecule has 0 amide bonds. The molecule has 0 bridgehead atoms. The van der Waals surface area contributed by atoms with E-state index in [4.69, 9.17) is 14.2 Å². The normalized spacial score (nSPS) is 18.3. The van der Waals surface area contributed by atoms with Crippen molar-refractivity contribution in [3.63, 3.8) is 0 Å². The highest BCUT2D eigenvalue weighted by atomic mass is 16.7. The number of aryl methyl sites for hydroxylation is 1. The molecule has 0 radical (unpaired) electrons. The van der Waals surface area contributed by atoms with Gasteiger partial charge in [-0.25, -0.2) is 9.67 Å². The second-order valence-electron chi connectivity index (χ2n) is 5.25. The first-order valence-corrected chi connectivity index (χ1v) is 7.63. The Labute approximate surface area is 130 Å². The van der Waals surface area contributed by atoms with Crippen LogP contribution in [-0.2, 0) is 16.5 Å². The average molecular weight is 303 g/mol. The van der Waals surface area contributed by atoms with Gasteiger partial charge in [0.25, 0.3) is 0 Å². The number of hydrogen-bond acceptors (Lipinski definition) is 5. The van der Waals surface area contributed by atoms with Gasteiger partial charge in [-0.05, 0) is 31.4 Å². The number of ether oxygens (including phenoxy) is 3. The van der Waals surface area contributed by atoms with E-state index in [1.807, 2.05) is 31.3 Å². The number of rotatable bonds is 6. The SMILES string of the molecule is Cn1ncnc1-c1cccc(OCCO[C@H]2CCCCO2)c1. The zero-order valence-electron chi connectivity index (χ0n) is 12.8. The van der Waals surface area contributed by atoms with Crippen molar-refractivity contribution in [1.29, 1.82) is 0 Å². The maximum Gasteiger partial charge on any atom is 0.157 e. The molecule has 6 heteroatoms. The summed E-state index contributed by atoms with van der Waals surface area (Å²) in [4.78, 5) is 4.24. The average Bonchev–Trinajstić information content (AvgIpc) is 2.99. The zero-order valence-corrected chi connectivity index (χ0v) is 12.8. The van der Waals surface area contributed by atoms with E-state index in [-0.39, 0.29) is 6.29 Å². The van der Waals surface area contributed by atoms with Crippen LogP contribution in [0.2, 0.25) is 0 Å². The maximum absolute atomic E-state index is 5.74. The van der Waals surface area contributed by atoms with Crippen LogP contribution in [0.3, 0.4) is 0 Å². The Kier molecular flexibility index (Phi) is 5.03. The van der Waals surface area contributed by atoms with E-state index in [1.165, 1.54) is 6.42 Å². The molecular formula is C16H21N3O3. The topological polar surface area (TPSA) is 58.4 Å². The van der Waals surface area contributed by atoms with E-state index in [0.29, 0.717) is 13.2 Å². The summed E-state index contributed by atoms with van der Waals surface area (Å²) >= 11 is 0. The third-order valence-corrected chi connectivity index (χ3v) is 3.60. The fourth-order valence-electron chi connectivity index (χ4n) is 2.46. The first-order valence-electron chi connectivity index (χ1n) is 7.63. The van der Waals surface area contributed by atoms with Gasteiger partial charge >= 0.3 is 0 Å². The van der Waals surface area contributed by atoms with Gasteiger partial charge < -0.3 is 14.2 Å². The van der Waals surface area contributed by atoms with Crippen LogP contribution in [0.4, 0.5) is 0 Å². The molecule has 0 spiro atoms. The Hall–Kier alpha value is -1.92. The molecule has 22 heavy (non-hydrogen) atoms. The van der Waals surface area contributed by atoms with Crippen LogP contribution in [0.5, 0.6) is 5.75 Å². The first kappa shape index (κ1) is 15.0. The van der Waals surface area contributed by atoms with Crippen molar-refractivity contribution in [3.8, 4) is 17.1 Å². The smallest absolute Gasteiger partial charge is 0.157 e. The summed E-state index contributed by atoms with van der Waals surface area (Å²) in [6, 6.07) is 7.83. The van der Waals surface area contributed by atoms with Crippen LogP contribution in [0.1, 0.15) is 19.3 Å². The minimum Gasteiger partial charge on any atom is -0.491 e. The first-order chi connectivity index (χ1) is 10.8. The van der Waals surface area contributed by atoms with Gasteiger partial charge in [0.15, 0.2) is 12.1 Å². The van der Waals surface area contributed by atoms with Gasteiger partial charge in [0, 0.05) is 19.2 Å². The van der Waals surface area contributed by atoms with Crippen LogP contribution in [0, 0.1) is 0 Å². The second-order valence-corrected chi connectivity index (χ2v) is 5.25. The summed E-state index contributed by atoms with van der Waals surface area (Å²) in [6.45, 7) is 1.83. The molecule has 0 N–H and O–H groups in total. The van der Waals surface area contributed by atoms with Crippen LogP contribution in [0.25, 0.3) is 11.4 Å². The molecule has 2 heterocycles. The highest BCUT2D eigenvalue weighted by Gasteiger charge is 2.13. The van der Waals surface area contributed by atoms with Crippen LogP contribution in [0.15, 0.2) is 30.6 Å². The Balaban J connectivity index is 1.49. The van der Waals surface area contributed by atoms with Gasteiger partial charge in [0.2, 0.25) is 0 Å². The molecule has 1 atom stereocenters. The largest absolute Gasteiger partial charge is 0.491 e. The maximum atomic E-state index is 5.74. The van der Waals surface area contributed by atoms with Crippen molar-refractivity contribution in [2.24, 2.45) is 7.05 Å². The molecule has 0 unspecified atom stereocenters. The minimum atomic E-state index is -0.0673. The second kappa shape index (κ2) is 7.38. The van der Waals surface area contributed by atoms with Crippen molar-refractivity contribution in [2.45, 2.75) is 25.6 Å². The summed E-state index contributed by atoms with van der Waals surface area (Å²) in [5.41, 5.74) is 0.981. The fraction of sp³-hybridized carbons (Fsp3) is 0.500. The summed E-state index contributed by atoms with van der Waals surface area (Å²) < 4.78 is 18.6. The third kappa shape index (κ3) is 3.84. The Morgan fingerprint density at radius 2 is 2.27 bits per heavy atom. The van der Waals surface area contributed by atoms with Crippen molar-refractivity contribution < 1.29 is 14.2 Å². The quantitative estimate of drug-likeness (QED) is 0.767. The van der Waals surface area contributed by atoms with E-state index in [9.17, 15) is 0 Å².